The van der Waals surface area contributed by atoms with E-state index in [0.29, 0.717) is 22.9 Å². The number of aliphatic hydroxyl groups excluding tert-OH is 1. The standard InChI is InChI=1S/C14H18BrFO3S/c1-20(18,19)13-4-2-3-9(7-13)14(17)10-5-11(15)8-12(16)6-10/h5-6,8-9,13-14,17H,2-4,7H2,1H3. The van der Waals surface area contributed by atoms with Crippen LogP contribution in [0.4, 0.5) is 4.39 Å². The number of sulfone groups is 1. The Morgan fingerprint density at radius 2 is 2.05 bits per heavy atom. The molecule has 0 heterocycles. The number of rotatable bonds is 3. The molecule has 3 unspecified atom stereocenters. The van der Waals surface area contributed by atoms with Crippen molar-refractivity contribution in [3.05, 3.63) is 34.1 Å². The molecule has 1 aromatic carbocycles. The Kier molecular flexibility index (Phi) is 4.87. The third-order valence-electron chi connectivity index (χ3n) is 3.95. The van der Waals surface area contributed by atoms with Gasteiger partial charge in [-0.15, -0.1) is 0 Å². The Morgan fingerprint density at radius 1 is 1.35 bits per heavy atom. The van der Waals surface area contributed by atoms with Crippen molar-refractivity contribution in [2.45, 2.75) is 37.0 Å². The fourth-order valence-electron chi connectivity index (χ4n) is 2.87. The highest BCUT2D eigenvalue weighted by molar-refractivity contribution is 9.10. The van der Waals surface area contributed by atoms with Gasteiger partial charge in [0.25, 0.3) is 0 Å². The van der Waals surface area contributed by atoms with E-state index >= 15 is 0 Å². The summed E-state index contributed by atoms with van der Waals surface area (Å²) in [6.07, 6.45) is 3.04. The molecule has 1 aliphatic carbocycles. The summed E-state index contributed by atoms with van der Waals surface area (Å²) in [6.45, 7) is 0. The van der Waals surface area contributed by atoms with Gasteiger partial charge >= 0.3 is 0 Å². The van der Waals surface area contributed by atoms with Crippen LogP contribution in [0.15, 0.2) is 22.7 Å². The SMILES string of the molecule is CS(=O)(=O)C1CCCC(C(O)c2cc(F)cc(Br)c2)C1. The van der Waals surface area contributed by atoms with Crippen molar-refractivity contribution in [2.75, 3.05) is 6.26 Å². The molecule has 0 radical (unpaired) electrons. The van der Waals surface area contributed by atoms with Crippen molar-refractivity contribution >= 4 is 25.8 Å². The van der Waals surface area contributed by atoms with E-state index in [1.807, 2.05) is 0 Å². The minimum Gasteiger partial charge on any atom is -0.388 e. The summed E-state index contributed by atoms with van der Waals surface area (Å²) < 4.78 is 37.3. The zero-order chi connectivity index (χ0) is 14.9. The van der Waals surface area contributed by atoms with Crippen molar-refractivity contribution in [1.82, 2.24) is 0 Å². The zero-order valence-corrected chi connectivity index (χ0v) is 13.6. The minimum absolute atomic E-state index is 0.142. The molecule has 1 aliphatic rings. The molecule has 0 aliphatic heterocycles. The van der Waals surface area contributed by atoms with Gasteiger partial charge in [0.05, 0.1) is 11.4 Å². The molecule has 0 saturated heterocycles. The third kappa shape index (κ3) is 3.80. The summed E-state index contributed by atoms with van der Waals surface area (Å²) in [5, 5.41) is 10.00. The molecule has 0 aromatic heterocycles. The lowest BCUT2D eigenvalue weighted by molar-refractivity contribution is 0.0854. The van der Waals surface area contributed by atoms with Gasteiger partial charge in [-0.3, -0.25) is 0 Å². The Balaban J connectivity index is 2.18. The molecule has 3 nitrogen and oxygen atoms in total. The molecule has 6 heteroatoms. The molecule has 0 bridgehead atoms. The summed E-state index contributed by atoms with van der Waals surface area (Å²) in [4.78, 5) is 0. The molecule has 1 aromatic rings. The fraction of sp³-hybridized carbons (Fsp3) is 0.571. The molecule has 1 N–H and O–H groups in total. The molecule has 2 rings (SSSR count). The van der Waals surface area contributed by atoms with Crippen LogP contribution < -0.4 is 0 Å². The predicted molar refractivity (Wildman–Crippen MR) is 79.6 cm³/mol. The van der Waals surface area contributed by atoms with Gasteiger partial charge in [0.2, 0.25) is 0 Å². The van der Waals surface area contributed by atoms with Crippen LogP contribution in [0.25, 0.3) is 0 Å². The third-order valence-corrected chi connectivity index (χ3v) is 6.04. The monoisotopic (exact) mass is 364 g/mol. The number of benzene rings is 1. The van der Waals surface area contributed by atoms with Crippen molar-refractivity contribution in [3.63, 3.8) is 0 Å². The molecule has 1 saturated carbocycles. The first-order chi connectivity index (χ1) is 9.27. The molecule has 1 fully saturated rings. The first-order valence-corrected chi connectivity index (χ1v) is 9.35. The number of hydrogen-bond donors (Lipinski definition) is 1. The van der Waals surface area contributed by atoms with E-state index in [1.54, 1.807) is 6.07 Å². The van der Waals surface area contributed by atoms with Crippen LogP contribution >= 0.6 is 15.9 Å². The normalized spacial score (nSPS) is 25.4. The molecule has 20 heavy (non-hydrogen) atoms. The van der Waals surface area contributed by atoms with Gasteiger partial charge in [-0.25, -0.2) is 12.8 Å². The number of hydrogen-bond acceptors (Lipinski definition) is 3. The van der Waals surface area contributed by atoms with Crippen molar-refractivity contribution in [2.24, 2.45) is 5.92 Å². The summed E-state index contributed by atoms with van der Waals surface area (Å²) in [5.41, 5.74) is 0.496. The second-order valence-electron chi connectivity index (χ2n) is 5.53. The second kappa shape index (κ2) is 6.12. The Bertz CT molecular complexity index is 568. The van der Waals surface area contributed by atoms with E-state index in [2.05, 4.69) is 15.9 Å². The van der Waals surface area contributed by atoms with E-state index in [4.69, 9.17) is 0 Å². The lowest BCUT2D eigenvalue weighted by atomic mass is 9.82. The Labute approximate surface area is 127 Å². The van der Waals surface area contributed by atoms with E-state index in [-0.39, 0.29) is 5.92 Å². The first-order valence-electron chi connectivity index (χ1n) is 6.60. The van der Waals surface area contributed by atoms with E-state index < -0.39 is 27.0 Å². The van der Waals surface area contributed by atoms with Crippen LogP contribution in [0.1, 0.15) is 37.4 Å². The molecule has 3 atom stereocenters. The van der Waals surface area contributed by atoms with Crippen LogP contribution in [-0.2, 0) is 9.84 Å². The summed E-state index contributed by atoms with van der Waals surface area (Å²) in [6, 6.07) is 4.31. The molecular weight excluding hydrogens is 347 g/mol. The lowest BCUT2D eigenvalue weighted by Crippen LogP contribution is -2.30. The van der Waals surface area contributed by atoms with Crippen molar-refractivity contribution in [3.8, 4) is 0 Å². The van der Waals surface area contributed by atoms with E-state index in [9.17, 15) is 17.9 Å². The minimum atomic E-state index is -3.09. The van der Waals surface area contributed by atoms with Gasteiger partial charge < -0.3 is 5.11 Å². The smallest absolute Gasteiger partial charge is 0.150 e. The highest BCUT2D eigenvalue weighted by atomic mass is 79.9. The number of halogens is 2. The average molecular weight is 365 g/mol. The summed E-state index contributed by atoms with van der Waals surface area (Å²) >= 11 is 3.20. The van der Waals surface area contributed by atoms with Crippen molar-refractivity contribution in [1.29, 1.82) is 0 Å². The lowest BCUT2D eigenvalue weighted by Gasteiger charge is -2.31. The average Bonchev–Trinajstić information content (AvgIpc) is 2.36. The van der Waals surface area contributed by atoms with Gasteiger partial charge in [-0.05, 0) is 48.9 Å². The van der Waals surface area contributed by atoms with Gasteiger partial charge in [0.1, 0.15) is 15.7 Å². The Morgan fingerprint density at radius 3 is 2.65 bits per heavy atom. The van der Waals surface area contributed by atoms with Crippen LogP contribution in [0.5, 0.6) is 0 Å². The topological polar surface area (TPSA) is 54.4 Å². The predicted octanol–water partition coefficient (Wildman–Crippen LogP) is 3.23. The second-order valence-corrected chi connectivity index (χ2v) is 8.77. The first kappa shape index (κ1) is 15.9. The summed E-state index contributed by atoms with van der Waals surface area (Å²) in [5.74, 6) is -0.555. The maximum Gasteiger partial charge on any atom is 0.150 e. The van der Waals surface area contributed by atoms with E-state index in [1.165, 1.54) is 18.4 Å². The molecule has 112 valence electrons. The maximum atomic E-state index is 13.4. The number of aliphatic hydroxyl groups is 1. The van der Waals surface area contributed by atoms with Crippen LogP contribution in [0.3, 0.4) is 0 Å². The molecular formula is C14H18BrFO3S. The van der Waals surface area contributed by atoms with Crippen LogP contribution in [0, 0.1) is 11.7 Å². The van der Waals surface area contributed by atoms with E-state index in [0.717, 1.165) is 12.8 Å². The summed E-state index contributed by atoms with van der Waals surface area (Å²) in [7, 11) is -3.09. The van der Waals surface area contributed by atoms with Gasteiger partial charge in [0, 0.05) is 10.7 Å². The highest BCUT2D eigenvalue weighted by Gasteiger charge is 2.33. The van der Waals surface area contributed by atoms with Crippen molar-refractivity contribution < 1.29 is 17.9 Å². The fourth-order valence-corrected chi connectivity index (χ4v) is 4.55. The van der Waals surface area contributed by atoms with Gasteiger partial charge in [-0.2, -0.15) is 0 Å². The zero-order valence-electron chi connectivity index (χ0n) is 11.2. The quantitative estimate of drug-likeness (QED) is 0.895. The molecule has 0 amide bonds. The largest absolute Gasteiger partial charge is 0.388 e. The van der Waals surface area contributed by atoms with Gasteiger partial charge in [-0.1, -0.05) is 22.4 Å². The van der Waals surface area contributed by atoms with Crippen LogP contribution in [-0.4, -0.2) is 25.0 Å². The van der Waals surface area contributed by atoms with Crippen LogP contribution in [0.2, 0.25) is 0 Å². The maximum absolute atomic E-state index is 13.4. The molecule has 0 spiro atoms. The van der Waals surface area contributed by atoms with Gasteiger partial charge in [0.15, 0.2) is 0 Å². The highest BCUT2D eigenvalue weighted by Crippen LogP contribution is 2.37. The Hall–Kier alpha value is -0.460.